The normalized spacial score (nSPS) is 12.1. The number of benzene rings is 1. The van der Waals surface area contributed by atoms with Crippen molar-refractivity contribution in [2.24, 2.45) is 0 Å². The molecule has 0 aliphatic carbocycles. The minimum absolute atomic E-state index is 0.244. The third-order valence-corrected chi connectivity index (χ3v) is 4.21. The average Bonchev–Trinajstić information content (AvgIpc) is 2.35. The maximum absolute atomic E-state index is 13.9. The van der Waals surface area contributed by atoms with Gasteiger partial charge in [0.25, 0.3) is 0 Å². The molecule has 0 amide bonds. The van der Waals surface area contributed by atoms with Gasteiger partial charge in [0.2, 0.25) is 10.0 Å². The lowest BCUT2D eigenvalue weighted by Crippen LogP contribution is -2.31. The number of rotatable bonds is 8. The molecule has 1 aromatic rings. The topological polar surface area (TPSA) is 61.4 Å². The lowest BCUT2D eigenvalue weighted by Gasteiger charge is -2.12. The highest BCUT2D eigenvalue weighted by molar-refractivity contribution is 7.89. The number of hydrogen-bond acceptors (Lipinski definition) is 4. The largest absolute Gasteiger partial charge is 0.313 e. The maximum atomic E-state index is 13.9. The number of halogens is 1. The number of nitrogens with zero attached hydrogens (tertiary/aromatic N) is 1. The molecule has 2 N–H and O–H groups in total. The second-order valence-electron chi connectivity index (χ2n) is 4.75. The smallest absolute Gasteiger partial charge is 0.243 e. The summed E-state index contributed by atoms with van der Waals surface area (Å²) in [6.07, 6.45) is 0. The van der Waals surface area contributed by atoms with E-state index < -0.39 is 15.8 Å². The van der Waals surface area contributed by atoms with E-state index in [0.29, 0.717) is 13.1 Å². The Labute approximate surface area is 120 Å². The van der Waals surface area contributed by atoms with Gasteiger partial charge in [0, 0.05) is 19.6 Å². The van der Waals surface area contributed by atoms with Gasteiger partial charge in [0.15, 0.2) is 0 Å². The van der Waals surface area contributed by atoms with Crippen LogP contribution in [0, 0.1) is 5.82 Å². The van der Waals surface area contributed by atoms with Crippen LogP contribution in [0.3, 0.4) is 0 Å². The second kappa shape index (κ2) is 7.68. The van der Waals surface area contributed by atoms with E-state index in [9.17, 15) is 12.8 Å². The molecule has 0 fully saturated rings. The molecule has 0 heterocycles. The van der Waals surface area contributed by atoms with E-state index >= 15 is 0 Å². The predicted octanol–water partition coefficient (Wildman–Crippen LogP) is 0.775. The summed E-state index contributed by atoms with van der Waals surface area (Å²) >= 11 is 0. The molecule has 20 heavy (non-hydrogen) atoms. The van der Waals surface area contributed by atoms with Crippen LogP contribution in [0.1, 0.15) is 12.5 Å². The number of nitrogens with one attached hydrogen (secondary N) is 2. The fraction of sp³-hybridized carbons (Fsp3) is 0.538. The molecule has 0 saturated carbocycles. The Balaban J connectivity index is 2.79. The van der Waals surface area contributed by atoms with Crippen molar-refractivity contribution in [1.29, 1.82) is 0 Å². The van der Waals surface area contributed by atoms with Crippen LogP contribution in [0.2, 0.25) is 0 Å². The van der Waals surface area contributed by atoms with E-state index in [1.165, 1.54) is 12.1 Å². The highest BCUT2D eigenvalue weighted by Gasteiger charge is 2.18. The van der Waals surface area contributed by atoms with Crippen molar-refractivity contribution in [2.75, 3.05) is 33.7 Å². The Hall–Kier alpha value is -1.02. The van der Waals surface area contributed by atoms with Gasteiger partial charge in [-0.15, -0.1) is 0 Å². The molecule has 0 saturated heterocycles. The summed E-state index contributed by atoms with van der Waals surface area (Å²) in [6, 6.07) is 4.18. The molecule has 114 valence electrons. The molecule has 0 aromatic heterocycles. The van der Waals surface area contributed by atoms with Crippen LogP contribution in [0.4, 0.5) is 4.39 Å². The first kappa shape index (κ1) is 17.0. The monoisotopic (exact) mass is 303 g/mol. The summed E-state index contributed by atoms with van der Waals surface area (Å²) in [6.45, 7) is 4.03. The zero-order valence-corrected chi connectivity index (χ0v) is 12.9. The van der Waals surface area contributed by atoms with Gasteiger partial charge in [-0.1, -0.05) is 13.0 Å². The second-order valence-corrected chi connectivity index (χ2v) is 6.48. The Kier molecular flexibility index (Phi) is 6.54. The lowest BCUT2D eigenvalue weighted by molar-refractivity contribution is 0.412. The van der Waals surface area contributed by atoms with E-state index in [1.54, 1.807) is 6.07 Å². The van der Waals surface area contributed by atoms with Crippen LogP contribution >= 0.6 is 0 Å². The van der Waals surface area contributed by atoms with Crippen molar-refractivity contribution in [3.8, 4) is 0 Å². The molecule has 0 radical (unpaired) electrons. The molecule has 0 aliphatic rings. The standard InChI is InChI=1S/C13H22FN3O2S/c1-4-15-10-11-5-6-13(12(14)9-11)20(18,19)16-7-8-17(2)3/h5-6,9,15-16H,4,7-8,10H2,1-3H3. The van der Waals surface area contributed by atoms with Crippen LogP contribution in [-0.2, 0) is 16.6 Å². The Bertz CT molecular complexity index is 532. The molecule has 0 atom stereocenters. The highest BCUT2D eigenvalue weighted by atomic mass is 32.2. The van der Waals surface area contributed by atoms with Crippen LogP contribution in [0.5, 0.6) is 0 Å². The highest BCUT2D eigenvalue weighted by Crippen LogP contribution is 2.15. The Morgan fingerprint density at radius 1 is 1.30 bits per heavy atom. The van der Waals surface area contributed by atoms with Crippen molar-refractivity contribution in [1.82, 2.24) is 14.9 Å². The van der Waals surface area contributed by atoms with Crippen LogP contribution in [0.15, 0.2) is 23.1 Å². The molecule has 0 unspecified atom stereocenters. The SMILES string of the molecule is CCNCc1ccc(S(=O)(=O)NCCN(C)C)c(F)c1. The van der Waals surface area contributed by atoms with Crippen molar-refractivity contribution in [2.45, 2.75) is 18.4 Å². The summed E-state index contributed by atoms with van der Waals surface area (Å²) in [5.41, 5.74) is 0.719. The summed E-state index contributed by atoms with van der Waals surface area (Å²) < 4.78 is 40.2. The first-order valence-corrected chi connectivity index (χ1v) is 7.98. The molecule has 0 aliphatic heterocycles. The van der Waals surface area contributed by atoms with Gasteiger partial charge in [-0.2, -0.15) is 0 Å². The predicted molar refractivity (Wildman–Crippen MR) is 77.5 cm³/mol. The van der Waals surface area contributed by atoms with E-state index in [2.05, 4.69) is 10.0 Å². The zero-order valence-electron chi connectivity index (χ0n) is 12.1. The van der Waals surface area contributed by atoms with Crippen molar-refractivity contribution in [3.63, 3.8) is 0 Å². The van der Waals surface area contributed by atoms with E-state index in [4.69, 9.17) is 0 Å². The third-order valence-electron chi connectivity index (χ3n) is 2.72. The average molecular weight is 303 g/mol. The molecule has 5 nitrogen and oxygen atoms in total. The Morgan fingerprint density at radius 2 is 2.00 bits per heavy atom. The molecule has 1 aromatic carbocycles. The summed E-state index contributed by atoms with van der Waals surface area (Å²) in [4.78, 5) is 1.54. The van der Waals surface area contributed by atoms with Crippen LogP contribution < -0.4 is 10.0 Å². The Morgan fingerprint density at radius 3 is 2.55 bits per heavy atom. The zero-order chi connectivity index (χ0) is 15.2. The van der Waals surface area contributed by atoms with Crippen LogP contribution in [-0.4, -0.2) is 47.0 Å². The summed E-state index contributed by atoms with van der Waals surface area (Å²) in [7, 11) is -0.121. The molecule has 0 bridgehead atoms. The fourth-order valence-corrected chi connectivity index (χ4v) is 2.70. The quantitative estimate of drug-likeness (QED) is 0.745. The number of likely N-dealkylation sites (N-methyl/N-ethyl adjacent to an activating group) is 1. The van der Waals surface area contributed by atoms with Crippen LogP contribution in [0.25, 0.3) is 0 Å². The van der Waals surface area contributed by atoms with E-state index in [1.807, 2.05) is 25.9 Å². The first-order chi connectivity index (χ1) is 9.36. The summed E-state index contributed by atoms with van der Waals surface area (Å²) in [5, 5.41) is 3.06. The van der Waals surface area contributed by atoms with Gasteiger partial charge in [-0.3, -0.25) is 0 Å². The van der Waals surface area contributed by atoms with Crippen molar-refractivity contribution in [3.05, 3.63) is 29.6 Å². The molecular formula is C13H22FN3O2S. The molecule has 1 rings (SSSR count). The van der Waals surface area contributed by atoms with Gasteiger partial charge in [0.05, 0.1) is 0 Å². The van der Waals surface area contributed by atoms with E-state index in [0.717, 1.165) is 12.1 Å². The van der Waals surface area contributed by atoms with Gasteiger partial charge < -0.3 is 10.2 Å². The van der Waals surface area contributed by atoms with Gasteiger partial charge in [0.1, 0.15) is 10.7 Å². The van der Waals surface area contributed by atoms with E-state index in [-0.39, 0.29) is 11.4 Å². The summed E-state index contributed by atoms with van der Waals surface area (Å²) in [5.74, 6) is -0.724. The van der Waals surface area contributed by atoms with Gasteiger partial charge in [-0.05, 0) is 38.3 Å². The molecular weight excluding hydrogens is 281 g/mol. The maximum Gasteiger partial charge on any atom is 0.243 e. The van der Waals surface area contributed by atoms with Gasteiger partial charge >= 0.3 is 0 Å². The van der Waals surface area contributed by atoms with Crippen molar-refractivity contribution >= 4 is 10.0 Å². The lowest BCUT2D eigenvalue weighted by atomic mass is 10.2. The third kappa shape index (κ3) is 5.16. The fourth-order valence-electron chi connectivity index (χ4n) is 1.62. The van der Waals surface area contributed by atoms with Crippen molar-refractivity contribution < 1.29 is 12.8 Å². The first-order valence-electron chi connectivity index (χ1n) is 6.50. The van der Waals surface area contributed by atoms with Gasteiger partial charge in [-0.25, -0.2) is 17.5 Å². The molecule has 0 spiro atoms. The number of sulfonamides is 1. The minimum Gasteiger partial charge on any atom is -0.313 e. The minimum atomic E-state index is -3.80. The molecule has 7 heteroatoms. The number of hydrogen-bond donors (Lipinski definition) is 2.